The summed E-state index contributed by atoms with van der Waals surface area (Å²) in [5, 5.41) is 6.60. The molecule has 0 heterocycles. The molecule has 0 aliphatic carbocycles. The number of ketones is 1. The number of hydrogen-bond donors (Lipinski definition) is 2. The molecule has 8 heteroatoms. The van der Waals surface area contributed by atoms with Crippen molar-refractivity contribution in [3.8, 4) is 0 Å². The number of carbonyl (C=O) groups is 2. The topological polar surface area (TPSA) is 106 Å². The van der Waals surface area contributed by atoms with Crippen LogP contribution in [0.5, 0.6) is 0 Å². The Morgan fingerprint density at radius 2 is 1.95 bits per heavy atom. The minimum absolute atomic E-state index is 0.0220. The van der Waals surface area contributed by atoms with E-state index < -0.39 is 27.1 Å². The van der Waals surface area contributed by atoms with Crippen LogP contribution in [0.15, 0.2) is 23.1 Å². The van der Waals surface area contributed by atoms with Gasteiger partial charge in [-0.1, -0.05) is 0 Å². The van der Waals surface area contributed by atoms with Crippen LogP contribution in [0.3, 0.4) is 0 Å². The van der Waals surface area contributed by atoms with Gasteiger partial charge in [0.25, 0.3) is 0 Å². The predicted octanol–water partition coefficient (Wildman–Crippen LogP) is 1.10. The Bertz CT molecular complexity index is 626. The van der Waals surface area contributed by atoms with E-state index in [0.717, 1.165) is 6.07 Å². The number of amides is 1. The molecule has 19 heavy (non-hydrogen) atoms. The van der Waals surface area contributed by atoms with Crippen LogP contribution < -0.4 is 10.5 Å². The molecule has 0 saturated heterocycles. The number of benzene rings is 1. The van der Waals surface area contributed by atoms with E-state index in [0.29, 0.717) is 0 Å². The fourth-order valence-electron chi connectivity index (χ4n) is 1.43. The summed E-state index contributed by atoms with van der Waals surface area (Å²) in [7, 11) is -4.07. The van der Waals surface area contributed by atoms with E-state index in [4.69, 9.17) is 16.7 Å². The van der Waals surface area contributed by atoms with Gasteiger partial charge in [-0.05, 0) is 25.1 Å². The molecular weight excluding hydrogens is 292 g/mol. The third-order valence-corrected chi connectivity index (χ3v) is 3.39. The van der Waals surface area contributed by atoms with Crippen molar-refractivity contribution in [3.63, 3.8) is 0 Å². The van der Waals surface area contributed by atoms with Gasteiger partial charge < -0.3 is 5.32 Å². The van der Waals surface area contributed by atoms with Crippen molar-refractivity contribution in [1.82, 2.24) is 0 Å². The zero-order valence-corrected chi connectivity index (χ0v) is 11.9. The number of primary sulfonamides is 1. The molecule has 0 bridgehead atoms. The van der Waals surface area contributed by atoms with Gasteiger partial charge in [-0.25, -0.2) is 13.6 Å². The number of carbonyl (C=O) groups excluding carboxylic acids is 2. The number of hydrogen-bond acceptors (Lipinski definition) is 4. The van der Waals surface area contributed by atoms with Gasteiger partial charge in [-0.3, -0.25) is 9.59 Å². The first-order valence-corrected chi connectivity index (χ1v) is 7.24. The SMILES string of the molecule is CC(=O)Nc1ccc(C(=O)C(C)Cl)cc1S(N)(=O)=O. The standard InChI is InChI=1S/C11H13ClN2O4S/c1-6(12)11(16)8-3-4-9(14-7(2)15)10(5-8)19(13,17)18/h3-6H,1-2H3,(H,14,15)(H2,13,17,18). The van der Waals surface area contributed by atoms with Crippen LogP contribution in [-0.2, 0) is 14.8 Å². The number of Topliss-reactive ketones (excluding diaryl/α,β-unsaturated/α-hetero) is 1. The van der Waals surface area contributed by atoms with Crippen LogP contribution in [0.4, 0.5) is 5.69 Å². The van der Waals surface area contributed by atoms with Crippen LogP contribution in [0.2, 0.25) is 0 Å². The third kappa shape index (κ3) is 4.02. The van der Waals surface area contributed by atoms with Gasteiger partial charge in [0.2, 0.25) is 15.9 Å². The molecule has 0 aliphatic heterocycles. The lowest BCUT2D eigenvalue weighted by Crippen LogP contribution is -2.18. The molecule has 3 N–H and O–H groups in total. The molecule has 0 aromatic heterocycles. The molecule has 1 rings (SSSR count). The van der Waals surface area contributed by atoms with E-state index in [2.05, 4.69) is 5.32 Å². The monoisotopic (exact) mass is 304 g/mol. The van der Waals surface area contributed by atoms with Crippen molar-refractivity contribution < 1.29 is 18.0 Å². The second-order valence-electron chi connectivity index (χ2n) is 3.92. The highest BCUT2D eigenvalue weighted by Gasteiger charge is 2.19. The Morgan fingerprint density at radius 3 is 2.37 bits per heavy atom. The van der Waals surface area contributed by atoms with E-state index in [1.54, 1.807) is 0 Å². The Kier molecular flexibility index (Phi) is 4.67. The van der Waals surface area contributed by atoms with Gasteiger partial charge in [-0.2, -0.15) is 0 Å². The summed E-state index contributed by atoms with van der Waals surface area (Å²) in [6.45, 7) is 2.70. The largest absolute Gasteiger partial charge is 0.325 e. The first-order valence-electron chi connectivity index (χ1n) is 5.25. The maximum Gasteiger partial charge on any atom is 0.240 e. The highest BCUT2D eigenvalue weighted by molar-refractivity contribution is 7.89. The van der Waals surface area contributed by atoms with E-state index in [9.17, 15) is 18.0 Å². The molecule has 0 radical (unpaired) electrons. The second kappa shape index (κ2) is 5.68. The van der Waals surface area contributed by atoms with Gasteiger partial charge in [0, 0.05) is 12.5 Å². The van der Waals surface area contributed by atoms with Gasteiger partial charge in [0.15, 0.2) is 5.78 Å². The minimum atomic E-state index is -4.07. The maximum atomic E-state index is 11.7. The summed E-state index contributed by atoms with van der Waals surface area (Å²) in [4.78, 5) is 22.4. The summed E-state index contributed by atoms with van der Waals surface area (Å²) < 4.78 is 22.9. The van der Waals surface area contributed by atoms with Crippen molar-refractivity contribution in [3.05, 3.63) is 23.8 Å². The smallest absolute Gasteiger partial charge is 0.240 e. The summed E-state index contributed by atoms with van der Waals surface area (Å²) in [6.07, 6.45) is 0. The van der Waals surface area contributed by atoms with Gasteiger partial charge in [0.1, 0.15) is 4.90 Å². The van der Waals surface area contributed by atoms with Crippen LogP contribution in [0, 0.1) is 0 Å². The number of alkyl halides is 1. The number of anilines is 1. The highest BCUT2D eigenvalue weighted by Crippen LogP contribution is 2.23. The number of sulfonamides is 1. The average Bonchev–Trinajstić information content (AvgIpc) is 2.26. The lowest BCUT2D eigenvalue weighted by Gasteiger charge is -2.10. The van der Waals surface area contributed by atoms with Crippen LogP contribution in [0.25, 0.3) is 0 Å². The van der Waals surface area contributed by atoms with E-state index in [1.807, 2.05) is 0 Å². The average molecular weight is 305 g/mol. The Morgan fingerprint density at radius 1 is 1.37 bits per heavy atom. The van der Waals surface area contributed by atoms with Crippen molar-refractivity contribution in [2.45, 2.75) is 24.1 Å². The molecular formula is C11H13ClN2O4S. The summed E-state index contributed by atoms with van der Waals surface area (Å²) in [6, 6.07) is 3.77. The second-order valence-corrected chi connectivity index (χ2v) is 6.10. The number of rotatable bonds is 4. The minimum Gasteiger partial charge on any atom is -0.325 e. The molecule has 1 unspecified atom stereocenters. The maximum absolute atomic E-state index is 11.7. The molecule has 0 spiro atoms. The molecule has 0 aliphatic rings. The molecule has 1 aromatic rings. The molecule has 104 valence electrons. The lowest BCUT2D eigenvalue weighted by molar-refractivity contribution is -0.114. The number of nitrogens with one attached hydrogen (secondary N) is 1. The normalized spacial score (nSPS) is 12.8. The van der Waals surface area contributed by atoms with Crippen molar-refractivity contribution in [2.24, 2.45) is 5.14 Å². The quantitative estimate of drug-likeness (QED) is 0.641. The Labute approximate surface area is 116 Å². The van der Waals surface area contributed by atoms with Gasteiger partial charge in [-0.15, -0.1) is 11.6 Å². The summed E-state index contributed by atoms with van der Waals surface area (Å²) >= 11 is 5.65. The highest BCUT2D eigenvalue weighted by atomic mass is 35.5. The lowest BCUT2D eigenvalue weighted by atomic mass is 10.1. The third-order valence-electron chi connectivity index (χ3n) is 2.24. The first kappa shape index (κ1) is 15.6. The van der Waals surface area contributed by atoms with Crippen molar-refractivity contribution in [2.75, 3.05) is 5.32 Å². The molecule has 1 aromatic carbocycles. The fourth-order valence-corrected chi connectivity index (χ4v) is 2.28. The number of nitrogens with two attached hydrogens (primary N) is 1. The Hall–Kier alpha value is -1.44. The van der Waals surface area contributed by atoms with Crippen molar-refractivity contribution >= 4 is 39.0 Å². The van der Waals surface area contributed by atoms with E-state index >= 15 is 0 Å². The molecule has 1 atom stereocenters. The van der Waals surface area contributed by atoms with E-state index in [-0.39, 0.29) is 16.1 Å². The molecule has 0 fully saturated rings. The Balaban J connectivity index is 3.40. The zero-order chi connectivity index (χ0) is 14.8. The first-order chi connectivity index (χ1) is 8.62. The molecule has 0 saturated carbocycles. The van der Waals surface area contributed by atoms with Crippen LogP contribution in [0.1, 0.15) is 24.2 Å². The number of halogens is 1. The summed E-state index contributed by atoms with van der Waals surface area (Å²) in [5.74, 6) is -0.879. The van der Waals surface area contributed by atoms with Crippen LogP contribution in [-0.4, -0.2) is 25.5 Å². The van der Waals surface area contributed by atoms with Crippen LogP contribution >= 0.6 is 11.6 Å². The predicted molar refractivity (Wildman–Crippen MR) is 71.8 cm³/mol. The fraction of sp³-hybridized carbons (Fsp3) is 0.273. The van der Waals surface area contributed by atoms with Crippen molar-refractivity contribution in [1.29, 1.82) is 0 Å². The zero-order valence-electron chi connectivity index (χ0n) is 10.3. The summed E-state index contributed by atoms with van der Waals surface area (Å²) in [5.41, 5.74) is 0.134. The molecule has 1 amide bonds. The van der Waals surface area contributed by atoms with Gasteiger partial charge in [0.05, 0.1) is 11.1 Å². The molecule has 6 nitrogen and oxygen atoms in total. The van der Waals surface area contributed by atoms with Gasteiger partial charge >= 0.3 is 0 Å². The van der Waals surface area contributed by atoms with E-state index in [1.165, 1.54) is 26.0 Å².